The summed E-state index contributed by atoms with van der Waals surface area (Å²) >= 11 is 0. The van der Waals surface area contributed by atoms with Crippen LogP contribution in [0.2, 0.25) is 0 Å². The molecule has 0 fully saturated rings. The highest BCUT2D eigenvalue weighted by molar-refractivity contribution is 5.66. The number of carbonyl (C=O) groups is 1. The van der Waals surface area contributed by atoms with Crippen molar-refractivity contribution < 1.29 is 14.3 Å². The summed E-state index contributed by atoms with van der Waals surface area (Å²) in [5, 5.41) is 8.74. The highest BCUT2D eigenvalue weighted by atomic mass is 19.1. The Hall–Kier alpha value is -1.42. The standard InChI is InChI=1S/C14H20FNO2/c1-3-11(2)16(9-8-14(17)18)10-12-4-6-13(15)7-5-12/h4-7,11H,3,8-10H2,1-2H3,(H,17,18). The zero-order valence-electron chi connectivity index (χ0n) is 10.9. The number of aliphatic carboxylic acids is 1. The van der Waals surface area contributed by atoms with Gasteiger partial charge >= 0.3 is 5.97 Å². The summed E-state index contributed by atoms with van der Waals surface area (Å²) in [4.78, 5) is 12.7. The highest BCUT2D eigenvalue weighted by Crippen LogP contribution is 2.12. The summed E-state index contributed by atoms with van der Waals surface area (Å²) in [6.07, 6.45) is 1.09. The fraction of sp³-hybridized carbons (Fsp3) is 0.500. The Morgan fingerprint density at radius 1 is 1.39 bits per heavy atom. The molecule has 0 aromatic heterocycles. The molecule has 18 heavy (non-hydrogen) atoms. The smallest absolute Gasteiger partial charge is 0.304 e. The zero-order chi connectivity index (χ0) is 13.5. The maximum absolute atomic E-state index is 12.8. The van der Waals surface area contributed by atoms with Gasteiger partial charge in [0.1, 0.15) is 5.82 Å². The molecule has 100 valence electrons. The van der Waals surface area contributed by atoms with E-state index in [9.17, 15) is 9.18 Å². The van der Waals surface area contributed by atoms with Crippen LogP contribution in [0, 0.1) is 5.82 Å². The van der Waals surface area contributed by atoms with Gasteiger partial charge in [-0.25, -0.2) is 4.39 Å². The molecule has 0 aliphatic rings. The summed E-state index contributed by atoms with van der Waals surface area (Å²) in [5.74, 6) is -1.04. The summed E-state index contributed by atoms with van der Waals surface area (Å²) in [6, 6.07) is 6.66. The number of nitrogens with zero attached hydrogens (tertiary/aromatic N) is 1. The minimum Gasteiger partial charge on any atom is -0.481 e. The van der Waals surface area contributed by atoms with Crippen LogP contribution < -0.4 is 0 Å². The van der Waals surface area contributed by atoms with E-state index in [-0.39, 0.29) is 12.2 Å². The molecular formula is C14H20FNO2. The lowest BCUT2D eigenvalue weighted by atomic mass is 10.1. The van der Waals surface area contributed by atoms with Crippen LogP contribution in [0.15, 0.2) is 24.3 Å². The molecule has 0 saturated heterocycles. The number of carboxylic acids is 1. The van der Waals surface area contributed by atoms with Gasteiger partial charge in [-0.05, 0) is 31.0 Å². The van der Waals surface area contributed by atoms with Gasteiger partial charge in [-0.2, -0.15) is 0 Å². The normalized spacial score (nSPS) is 12.7. The van der Waals surface area contributed by atoms with Gasteiger partial charge in [0.25, 0.3) is 0 Å². The second-order valence-corrected chi connectivity index (χ2v) is 4.50. The summed E-state index contributed by atoms with van der Waals surface area (Å²) in [5.41, 5.74) is 1.00. The van der Waals surface area contributed by atoms with E-state index in [2.05, 4.69) is 18.7 Å². The first-order valence-electron chi connectivity index (χ1n) is 6.23. The molecule has 0 heterocycles. The topological polar surface area (TPSA) is 40.5 Å². The van der Waals surface area contributed by atoms with Crippen LogP contribution in [-0.2, 0) is 11.3 Å². The predicted molar refractivity (Wildman–Crippen MR) is 68.8 cm³/mol. The predicted octanol–water partition coefficient (Wildman–Crippen LogP) is 2.90. The van der Waals surface area contributed by atoms with E-state index in [1.165, 1.54) is 12.1 Å². The summed E-state index contributed by atoms with van der Waals surface area (Å²) in [6.45, 7) is 5.32. The largest absolute Gasteiger partial charge is 0.481 e. The third-order valence-electron chi connectivity index (χ3n) is 3.13. The van der Waals surface area contributed by atoms with Crippen molar-refractivity contribution >= 4 is 5.97 Å². The van der Waals surface area contributed by atoms with E-state index in [1.807, 2.05) is 0 Å². The Kier molecular flexibility index (Phi) is 5.78. The number of rotatable bonds is 7. The molecule has 0 aliphatic carbocycles. The summed E-state index contributed by atoms with van der Waals surface area (Å²) in [7, 11) is 0. The molecule has 0 spiro atoms. The minimum atomic E-state index is -0.789. The highest BCUT2D eigenvalue weighted by Gasteiger charge is 2.14. The molecule has 1 unspecified atom stereocenters. The molecule has 1 rings (SSSR count). The van der Waals surface area contributed by atoms with Crippen LogP contribution in [0.4, 0.5) is 4.39 Å². The van der Waals surface area contributed by atoms with Crippen molar-refractivity contribution in [3.8, 4) is 0 Å². The first-order chi connectivity index (χ1) is 8.52. The monoisotopic (exact) mass is 253 g/mol. The first kappa shape index (κ1) is 14.6. The lowest BCUT2D eigenvalue weighted by Crippen LogP contribution is -2.34. The van der Waals surface area contributed by atoms with E-state index < -0.39 is 5.97 Å². The van der Waals surface area contributed by atoms with Crippen molar-refractivity contribution in [2.75, 3.05) is 6.54 Å². The number of hydrogen-bond acceptors (Lipinski definition) is 2. The fourth-order valence-corrected chi connectivity index (χ4v) is 1.78. The molecule has 1 aromatic carbocycles. The van der Waals surface area contributed by atoms with Crippen molar-refractivity contribution in [3.05, 3.63) is 35.6 Å². The van der Waals surface area contributed by atoms with Crippen LogP contribution in [0.25, 0.3) is 0 Å². The summed E-state index contributed by atoms with van der Waals surface area (Å²) < 4.78 is 12.8. The van der Waals surface area contributed by atoms with Crippen LogP contribution in [0.1, 0.15) is 32.3 Å². The van der Waals surface area contributed by atoms with Crippen LogP contribution in [0.5, 0.6) is 0 Å². The molecule has 1 aromatic rings. The number of halogens is 1. The fourth-order valence-electron chi connectivity index (χ4n) is 1.78. The Morgan fingerprint density at radius 2 is 2.00 bits per heavy atom. The van der Waals surface area contributed by atoms with Crippen molar-refractivity contribution in [2.24, 2.45) is 0 Å². The lowest BCUT2D eigenvalue weighted by Gasteiger charge is -2.27. The van der Waals surface area contributed by atoms with Crippen molar-refractivity contribution in [1.82, 2.24) is 4.90 Å². The molecule has 0 aliphatic heterocycles. The SMILES string of the molecule is CCC(C)N(CCC(=O)O)Cc1ccc(F)cc1. The third kappa shape index (κ3) is 4.84. The Bertz CT molecular complexity index is 378. The van der Waals surface area contributed by atoms with E-state index in [0.717, 1.165) is 12.0 Å². The van der Waals surface area contributed by atoms with Crippen molar-refractivity contribution in [1.29, 1.82) is 0 Å². The van der Waals surface area contributed by atoms with Gasteiger partial charge in [-0.3, -0.25) is 9.69 Å². The van der Waals surface area contributed by atoms with E-state index >= 15 is 0 Å². The zero-order valence-corrected chi connectivity index (χ0v) is 10.9. The van der Waals surface area contributed by atoms with Gasteiger partial charge in [0, 0.05) is 19.1 Å². The van der Waals surface area contributed by atoms with E-state index in [0.29, 0.717) is 19.1 Å². The van der Waals surface area contributed by atoms with Gasteiger partial charge in [-0.1, -0.05) is 19.1 Å². The Balaban J connectivity index is 2.65. The Labute approximate surface area is 107 Å². The van der Waals surface area contributed by atoms with Crippen molar-refractivity contribution in [3.63, 3.8) is 0 Å². The van der Waals surface area contributed by atoms with Crippen LogP contribution in [0.3, 0.4) is 0 Å². The average molecular weight is 253 g/mol. The maximum Gasteiger partial charge on any atom is 0.304 e. The molecular weight excluding hydrogens is 233 g/mol. The third-order valence-corrected chi connectivity index (χ3v) is 3.13. The minimum absolute atomic E-state index is 0.130. The molecule has 0 amide bonds. The second kappa shape index (κ2) is 7.11. The number of hydrogen-bond donors (Lipinski definition) is 1. The molecule has 1 N–H and O–H groups in total. The lowest BCUT2D eigenvalue weighted by molar-refractivity contribution is -0.137. The average Bonchev–Trinajstić information content (AvgIpc) is 2.35. The van der Waals surface area contributed by atoms with Gasteiger partial charge in [0.15, 0.2) is 0 Å². The first-order valence-corrected chi connectivity index (χ1v) is 6.23. The quantitative estimate of drug-likeness (QED) is 0.812. The number of benzene rings is 1. The van der Waals surface area contributed by atoms with Crippen LogP contribution >= 0.6 is 0 Å². The van der Waals surface area contributed by atoms with Gasteiger partial charge in [0.2, 0.25) is 0 Å². The molecule has 1 atom stereocenters. The maximum atomic E-state index is 12.8. The van der Waals surface area contributed by atoms with Gasteiger partial charge < -0.3 is 5.11 Å². The molecule has 3 nitrogen and oxygen atoms in total. The molecule has 0 saturated carbocycles. The second-order valence-electron chi connectivity index (χ2n) is 4.50. The Morgan fingerprint density at radius 3 is 2.50 bits per heavy atom. The van der Waals surface area contributed by atoms with Crippen molar-refractivity contribution in [2.45, 2.75) is 39.3 Å². The van der Waals surface area contributed by atoms with Gasteiger partial charge in [0.05, 0.1) is 6.42 Å². The van der Waals surface area contributed by atoms with Gasteiger partial charge in [-0.15, -0.1) is 0 Å². The van der Waals surface area contributed by atoms with Crippen LogP contribution in [-0.4, -0.2) is 28.6 Å². The molecule has 4 heteroatoms. The van der Waals surface area contributed by atoms with E-state index in [1.54, 1.807) is 12.1 Å². The molecule has 0 bridgehead atoms. The molecule has 0 radical (unpaired) electrons. The van der Waals surface area contributed by atoms with E-state index in [4.69, 9.17) is 5.11 Å². The number of carboxylic acid groups (broad SMARTS) is 1.